The molecule has 0 aliphatic rings. The second-order valence-corrected chi connectivity index (χ2v) is 6.24. The van der Waals surface area contributed by atoms with Gasteiger partial charge in [-0.05, 0) is 36.4 Å². The van der Waals surface area contributed by atoms with E-state index in [-0.39, 0.29) is 11.3 Å². The van der Waals surface area contributed by atoms with Gasteiger partial charge in [-0.25, -0.2) is 9.48 Å². The van der Waals surface area contributed by atoms with E-state index in [1.54, 1.807) is 4.68 Å². The standard InChI is InChI=1S/C22H16N4O3/c27-21(23-17-13-11-16(12-14-17)22(28)29)19-20(15-7-3-1-4-8-15)26(25-24-19)18-9-5-2-6-10-18/h1-14H,(H,23,27)(H,28,29). The van der Waals surface area contributed by atoms with Crippen molar-refractivity contribution in [3.05, 3.63) is 96.2 Å². The zero-order valence-corrected chi connectivity index (χ0v) is 15.2. The van der Waals surface area contributed by atoms with Crippen LogP contribution in [0, 0.1) is 0 Å². The largest absolute Gasteiger partial charge is 0.478 e. The third kappa shape index (κ3) is 3.74. The molecule has 1 amide bonds. The quantitative estimate of drug-likeness (QED) is 0.544. The van der Waals surface area contributed by atoms with Gasteiger partial charge in [-0.1, -0.05) is 53.7 Å². The lowest BCUT2D eigenvalue weighted by Gasteiger charge is -2.09. The van der Waals surface area contributed by atoms with Gasteiger partial charge in [0, 0.05) is 11.3 Å². The van der Waals surface area contributed by atoms with Gasteiger partial charge in [0.25, 0.3) is 5.91 Å². The Morgan fingerprint density at radius 3 is 2.07 bits per heavy atom. The number of nitrogens with zero attached hydrogens (tertiary/aromatic N) is 3. The fraction of sp³-hybridized carbons (Fsp3) is 0. The topological polar surface area (TPSA) is 97.1 Å². The van der Waals surface area contributed by atoms with Gasteiger partial charge in [0.15, 0.2) is 5.69 Å². The first-order valence-corrected chi connectivity index (χ1v) is 8.85. The predicted octanol–water partition coefficient (Wildman–Crippen LogP) is 3.88. The van der Waals surface area contributed by atoms with Gasteiger partial charge >= 0.3 is 5.97 Å². The molecule has 0 aliphatic heterocycles. The molecule has 0 aliphatic carbocycles. The molecule has 4 aromatic rings. The summed E-state index contributed by atoms with van der Waals surface area (Å²) >= 11 is 0. The summed E-state index contributed by atoms with van der Waals surface area (Å²) in [6.45, 7) is 0. The second kappa shape index (κ2) is 7.77. The number of para-hydroxylation sites is 1. The third-order valence-electron chi connectivity index (χ3n) is 4.32. The van der Waals surface area contributed by atoms with Crippen molar-refractivity contribution in [1.29, 1.82) is 0 Å². The molecular formula is C22H16N4O3. The Bertz CT molecular complexity index is 1150. The molecule has 0 spiro atoms. The molecule has 29 heavy (non-hydrogen) atoms. The van der Waals surface area contributed by atoms with E-state index in [0.717, 1.165) is 11.3 Å². The predicted molar refractivity (Wildman–Crippen MR) is 108 cm³/mol. The Balaban J connectivity index is 1.72. The average Bonchev–Trinajstić information content (AvgIpc) is 3.21. The summed E-state index contributed by atoms with van der Waals surface area (Å²) in [5, 5.41) is 20.1. The first-order chi connectivity index (χ1) is 14.1. The van der Waals surface area contributed by atoms with Crippen molar-refractivity contribution >= 4 is 17.6 Å². The number of aromatic nitrogens is 3. The summed E-state index contributed by atoms with van der Waals surface area (Å²) in [4.78, 5) is 23.9. The van der Waals surface area contributed by atoms with E-state index in [4.69, 9.17) is 5.11 Å². The fourth-order valence-corrected chi connectivity index (χ4v) is 2.93. The number of nitrogens with one attached hydrogen (secondary N) is 1. The maximum Gasteiger partial charge on any atom is 0.335 e. The van der Waals surface area contributed by atoms with Crippen molar-refractivity contribution in [1.82, 2.24) is 15.0 Å². The third-order valence-corrected chi connectivity index (χ3v) is 4.32. The number of hydrogen-bond donors (Lipinski definition) is 2. The van der Waals surface area contributed by atoms with Crippen LogP contribution in [0.3, 0.4) is 0 Å². The molecule has 2 N–H and O–H groups in total. The van der Waals surface area contributed by atoms with E-state index in [9.17, 15) is 9.59 Å². The van der Waals surface area contributed by atoms with Gasteiger partial charge in [0.2, 0.25) is 0 Å². The number of rotatable bonds is 5. The maximum absolute atomic E-state index is 12.9. The second-order valence-electron chi connectivity index (χ2n) is 6.24. The van der Waals surface area contributed by atoms with E-state index in [1.807, 2.05) is 60.7 Å². The Morgan fingerprint density at radius 1 is 0.828 bits per heavy atom. The van der Waals surface area contributed by atoms with Crippen LogP contribution in [0.25, 0.3) is 16.9 Å². The molecule has 0 fully saturated rings. The van der Waals surface area contributed by atoms with E-state index in [1.165, 1.54) is 24.3 Å². The molecule has 0 radical (unpaired) electrons. The maximum atomic E-state index is 12.9. The highest BCUT2D eigenvalue weighted by Crippen LogP contribution is 2.26. The summed E-state index contributed by atoms with van der Waals surface area (Å²) in [7, 11) is 0. The minimum Gasteiger partial charge on any atom is -0.478 e. The van der Waals surface area contributed by atoms with E-state index < -0.39 is 11.9 Å². The van der Waals surface area contributed by atoms with Gasteiger partial charge in [-0.2, -0.15) is 0 Å². The highest BCUT2D eigenvalue weighted by molar-refractivity contribution is 6.07. The van der Waals surface area contributed by atoms with Crippen LogP contribution in [0.5, 0.6) is 0 Å². The summed E-state index contributed by atoms with van der Waals surface area (Å²) in [5.41, 5.74) is 2.92. The molecule has 1 aromatic heterocycles. The summed E-state index contributed by atoms with van der Waals surface area (Å²) in [6, 6.07) is 24.8. The van der Waals surface area contributed by atoms with Crippen LogP contribution in [0.4, 0.5) is 5.69 Å². The lowest BCUT2D eigenvalue weighted by molar-refractivity contribution is 0.0696. The van der Waals surface area contributed by atoms with Gasteiger partial charge < -0.3 is 10.4 Å². The molecular weight excluding hydrogens is 368 g/mol. The molecule has 0 unspecified atom stereocenters. The fourth-order valence-electron chi connectivity index (χ4n) is 2.93. The molecule has 0 saturated carbocycles. The summed E-state index contributed by atoms with van der Waals surface area (Å²) in [6.07, 6.45) is 0. The van der Waals surface area contributed by atoms with Crippen LogP contribution in [0.2, 0.25) is 0 Å². The first-order valence-electron chi connectivity index (χ1n) is 8.85. The van der Waals surface area contributed by atoms with E-state index in [2.05, 4.69) is 15.6 Å². The number of aromatic carboxylic acids is 1. The molecule has 0 atom stereocenters. The minimum atomic E-state index is -1.03. The average molecular weight is 384 g/mol. The number of benzene rings is 3. The normalized spacial score (nSPS) is 10.5. The zero-order chi connectivity index (χ0) is 20.2. The summed E-state index contributed by atoms with van der Waals surface area (Å²) in [5.74, 6) is -1.46. The lowest BCUT2D eigenvalue weighted by atomic mass is 10.1. The molecule has 3 aromatic carbocycles. The number of carbonyl (C=O) groups is 2. The van der Waals surface area contributed by atoms with Crippen LogP contribution in [-0.2, 0) is 0 Å². The van der Waals surface area contributed by atoms with Crippen molar-refractivity contribution in [2.75, 3.05) is 5.32 Å². The van der Waals surface area contributed by atoms with Crippen molar-refractivity contribution in [3.8, 4) is 16.9 Å². The van der Waals surface area contributed by atoms with Crippen LogP contribution in [0.1, 0.15) is 20.8 Å². The van der Waals surface area contributed by atoms with E-state index in [0.29, 0.717) is 11.4 Å². The SMILES string of the molecule is O=C(O)c1ccc(NC(=O)c2nnn(-c3ccccc3)c2-c2ccccc2)cc1. The minimum absolute atomic E-state index is 0.142. The van der Waals surface area contributed by atoms with Crippen LogP contribution < -0.4 is 5.32 Å². The van der Waals surface area contributed by atoms with Crippen molar-refractivity contribution < 1.29 is 14.7 Å². The van der Waals surface area contributed by atoms with Crippen molar-refractivity contribution in [3.63, 3.8) is 0 Å². The van der Waals surface area contributed by atoms with Crippen molar-refractivity contribution in [2.45, 2.75) is 0 Å². The molecule has 1 heterocycles. The molecule has 7 nitrogen and oxygen atoms in total. The monoisotopic (exact) mass is 384 g/mol. The molecule has 7 heteroatoms. The van der Waals surface area contributed by atoms with Crippen LogP contribution in [0.15, 0.2) is 84.9 Å². The number of anilines is 1. The number of hydrogen-bond acceptors (Lipinski definition) is 4. The number of carboxylic acids is 1. The Labute approximate surface area is 166 Å². The number of carboxylic acid groups (broad SMARTS) is 1. The van der Waals surface area contributed by atoms with Gasteiger partial charge in [0.05, 0.1) is 11.3 Å². The number of amides is 1. The Morgan fingerprint density at radius 2 is 1.45 bits per heavy atom. The zero-order valence-electron chi connectivity index (χ0n) is 15.2. The van der Waals surface area contributed by atoms with Gasteiger partial charge in [-0.3, -0.25) is 4.79 Å². The molecule has 0 saturated heterocycles. The smallest absolute Gasteiger partial charge is 0.335 e. The highest BCUT2D eigenvalue weighted by Gasteiger charge is 2.22. The first kappa shape index (κ1) is 18.1. The van der Waals surface area contributed by atoms with Gasteiger partial charge in [-0.15, -0.1) is 5.10 Å². The van der Waals surface area contributed by atoms with Crippen LogP contribution >= 0.6 is 0 Å². The van der Waals surface area contributed by atoms with Crippen LogP contribution in [-0.4, -0.2) is 32.0 Å². The van der Waals surface area contributed by atoms with E-state index >= 15 is 0 Å². The Hall–Kier alpha value is -4.26. The Kier molecular flexibility index (Phi) is 4.86. The number of carbonyl (C=O) groups excluding carboxylic acids is 1. The highest BCUT2D eigenvalue weighted by atomic mass is 16.4. The van der Waals surface area contributed by atoms with Crippen molar-refractivity contribution in [2.24, 2.45) is 0 Å². The molecule has 0 bridgehead atoms. The molecule has 142 valence electrons. The molecule has 4 rings (SSSR count). The lowest BCUT2D eigenvalue weighted by Crippen LogP contribution is -2.14. The van der Waals surface area contributed by atoms with Gasteiger partial charge in [0.1, 0.15) is 5.69 Å². The summed E-state index contributed by atoms with van der Waals surface area (Å²) < 4.78 is 1.62.